The molecule has 0 saturated heterocycles. The van der Waals surface area contributed by atoms with Gasteiger partial charge in [-0.1, -0.05) is 6.92 Å². The molecule has 1 fully saturated rings. The van der Waals surface area contributed by atoms with E-state index in [0.717, 1.165) is 31.7 Å². The van der Waals surface area contributed by atoms with E-state index >= 15 is 0 Å². The zero-order valence-electron chi connectivity index (χ0n) is 10.5. The van der Waals surface area contributed by atoms with Crippen LogP contribution in [0.1, 0.15) is 26.7 Å². The molecule has 3 atom stereocenters. The summed E-state index contributed by atoms with van der Waals surface area (Å²) in [6, 6.07) is 0.104. The fourth-order valence-electron chi connectivity index (χ4n) is 1.97. The molecule has 2 rings (SSSR count). The van der Waals surface area contributed by atoms with Crippen LogP contribution in [0, 0.1) is 0 Å². The Hall–Kier alpha value is -1.07. The molecule has 5 nitrogen and oxygen atoms in total. The van der Waals surface area contributed by atoms with E-state index in [1.807, 2.05) is 17.8 Å². The second kappa shape index (κ2) is 5.51. The van der Waals surface area contributed by atoms with Gasteiger partial charge in [-0.15, -0.1) is 0 Å². The molecule has 96 valence electrons. The number of hydrogen-bond donors (Lipinski definition) is 1. The van der Waals surface area contributed by atoms with Crippen LogP contribution in [0.5, 0.6) is 5.75 Å². The third-order valence-electron chi connectivity index (χ3n) is 3.03. The summed E-state index contributed by atoms with van der Waals surface area (Å²) in [6.45, 7) is 5.73. The Morgan fingerprint density at radius 2 is 2.35 bits per heavy atom. The summed E-state index contributed by atoms with van der Waals surface area (Å²) >= 11 is 0. The van der Waals surface area contributed by atoms with Gasteiger partial charge in [0.25, 0.3) is 0 Å². The topological polar surface area (TPSA) is 62.3 Å². The van der Waals surface area contributed by atoms with Crippen LogP contribution in [0.4, 0.5) is 0 Å². The predicted octanol–water partition coefficient (Wildman–Crippen LogP) is 1.18. The van der Waals surface area contributed by atoms with Crippen LogP contribution < -0.4 is 10.5 Å². The lowest BCUT2D eigenvalue weighted by molar-refractivity contribution is -0.0980. The summed E-state index contributed by atoms with van der Waals surface area (Å²) in [5.41, 5.74) is 5.91. The highest BCUT2D eigenvalue weighted by atomic mass is 16.5. The van der Waals surface area contributed by atoms with Crippen LogP contribution in [0.2, 0.25) is 0 Å². The van der Waals surface area contributed by atoms with Crippen molar-refractivity contribution in [1.82, 2.24) is 9.78 Å². The van der Waals surface area contributed by atoms with Gasteiger partial charge in [0.05, 0.1) is 12.4 Å². The molecular weight excluding hydrogens is 218 g/mol. The van der Waals surface area contributed by atoms with Crippen LogP contribution >= 0.6 is 0 Å². The molecule has 1 aromatic heterocycles. The van der Waals surface area contributed by atoms with Gasteiger partial charge in [0.15, 0.2) is 5.75 Å². The molecule has 0 aromatic carbocycles. The van der Waals surface area contributed by atoms with Gasteiger partial charge >= 0.3 is 0 Å². The van der Waals surface area contributed by atoms with Gasteiger partial charge in [0.2, 0.25) is 0 Å². The third-order valence-corrected chi connectivity index (χ3v) is 3.03. The van der Waals surface area contributed by atoms with Crippen molar-refractivity contribution in [3.63, 3.8) is 0 Å². The Morgan fingerprint density at radius 1 is 1.53 bits per heavy atom. The first-order chi connectivity index (χ1) is 8.24. The van der Waals surface area contributed by atoms with E-state index < -0.39 is 0 Å². The van der Waals surface area contributed by atoms with Crippen LogP contribution in [0.3, 0.4) is 0 Å². The maximum absolute atomic E-state index is 5.91. The molecule has 1 saturated carbocycles. The highest BCUT2D eigenvalue weighted by molar-refractivity contribution is 5.14. The number of ether oxygens (including phenoxy) is 2. The molecule has 0 amide bonds. The highest BCUT2D eigenvalue weighted by Gasteiger charge is 2.41. The summed E-state index contributed by atoms with van der Waals surface area (Å²) in [4.78, 5) is 0. The quantitative estimate of drug-likeness (QED) is 0.809. The van der Waals surface area contributed by atoms with E-state index in [2.05, 4.69) is 12.0 Å². The van der Waals surface area contributed by atoms with Gasteiger partial charge in [-0.2, -0.15) is 5.10 Å². The third kappa shape index (κ3) is 2.79. The zero-order chi connectivity index (χ0) is 12.3. The molecule has 1 aliphatic carbocycles. The van der Waals surface area contributed by atoms with Crippen LogP contribution in [-0.2, 0) is 11.3 Å². The predicted molar refractivity (Wildman–Crippen MR) is 64.9 cm³/mol. The van der Waals surface area contributed by atoms with Crippen molar-refractivity contribution in [3.05, 3.63) is 12.4 Å². The molecule has 3 unspecified atom stereocenters. The van der Waals surface area contributed by atoms with Crippen molar-refractivity contribution in [3.8, 4) is 5.75 Å². The highest BCUT2D eigenvalue weighted by Crippen LogP contribution is 2.27. The van der Waals surface area contributed by atoms with Crippen molar-refractivity contribution >= 4 is 0 Å². The maximum atomic E-state index is 5.91. The molecule has 17 heavy (non-hydrogen) atoms. The van der Waals surface area contributed by atoms with Crippen LogP contribution in [0.15, 0.2) is 12.4 Å². The fourth-order valence-corrected chi connectivity index (χ4v) is 1.97. The van der Waals surface area contributed by atoms with E-state index in [0.29, 0.717) is 0 Å². The molecule has 0 bridgehead atoms. The van der Waals surface area contributed by atoms with E-state index in [-0.39, 0.29) is 18.2 Å². The molecule has 1 aromatic rings. The first-order valence-electron chi connectivity index (χ1n) is 6.30. The Kier molecular flexibility index (Phi) is 4.02. The van der Waals surface area contributed by atoms with Gasteiger partial charge in [-0.3, -0.25) is 4.68 Å². The summed E-state index contributed by atoms with van der Waals surface area (Å²) in [7, 11) is 0. The summed E-state index contributed by atoms with van der Waals surface area (Å²) in [5.74, 6) is 0.800. The van der Waals surface area contributed by atoms with Gasteiger partial charge in [-0.25, -0.2) is 0 Å². The Balaban J connectivity index is 1.86. The monoisotopic (exact) mass is 239 g/mol. The number of nitrogens with zero attached hydrogens (tertiary/aromatic N) is 2. The van der Waals surface area contributed by atoms with E-state index in [4.69, 9.17) is 15.2 Å². The minimum atomic E-state index is 0.0277. The molecule has 0 radical (unpaired) electrons. The molecule has 0 aliphatic heterocycles. The average Bonchev–Trinajstić information content (AvgIpc) is 2.77. The molecule has 5 heteroatoms. The number of aromatic nitrogens is 2. The lowest BCUT2D eigenvalue weighted by Crippen LogP contribution is -2.59. The first-order valence-corrected chi connectivity index (χ1v) is 6.30. The fraction of sp³-hybridized carbons (Fsp3) is 0.750. The van der Waals surface area contributed by atoms with Crippen molar-refractivity contribution in [1.29, 1.82) is 0 Å². The number of aryl methyl sites for hydroxylation is 1. The lowest BCUT2D eigenvalue weighted by Gasteiger charge is -2.41. The van der Waals surface area contributed by atoms with Gasteiger partial charge in [0, 0.05) is 25.6 Å². The van der Waals surface area contributed by atoms with E-state index in [1.165, 1.54) is 0 Å². The Labute approximate surface area is 102 Å². The van der Waals surface area contributed by atoms with Crippen molar-refractivity contribution in [2.45, 2.75) is 51.5 Å². The maximum Gasteiger partial charge on any atom is 0.157 e. The normalized spacial score (nSPS) is 27.8. The Bertz CT molecular complexity index is 353. The first kappa shape index (κ1) is 12.4. The number of hydrogen-bond acceptors (Lipinski definition) is 4. The molecule has 0 spiro atoms. The average molecular weight is 239 g/mol. The van der Waals surface area contributed by atoms with Crippen molar-refractivity contribution in [2.75, 3.05) is 6.61 Å². The van der Waals surface area contributed by atoms with Crippen molar-refractivity contribution < 1.29 is 9.47 Å². The zero-order valence-corrected chi connectivity index (χ0v) is 10.5. The van der Waals surface area contributed by atoms with Gasteiger partial charge in [0.1, 0.15) is 12.2 Å². The largest absolute Gasteiger partial charge is 0.484 e. The SMILES string of the molecule is CCCOC1C(N)CC1Oc1cnn(CC)c1. The molecular formula is C12H21N3O2. The van der Waals surface area contributed by atoms with E-state index in [9.17, 15) is 0 Å². The van der Waals surface area contributed by atoms with Crippen LogP contribution in [0.25, 0.3) is 0 Å². The Morgan fingerprint density at radius 3 is 2.94 bits per heavy atom. The second-order valence-electron chi connectivity index (χ2n) is 4.42. The summed E-state index contributed by atoms with van der Waals surface area (Å²) < 4.78 is 13.3. The molecule has 2 N–H and O–H groups in total. The second-order valence-corrected chi connectivity index (χ2v) is 4.42. The summed E-state index contributed by atoms with van der Waals surface area (Å²) in [5, 5.41) is 4.17. The minimum Gasteiger partial charge on any atom is -0.484 e. The van der Waals surface area contributed by atoms with Crippen molar-refractivity contribution in [2.24, 2.45) is 5.73 Å². The molecule has 1 aliphatic rings. The van der Waals surface area contributed by atoms with Gasteiger partial charge in [-0.05, 0) is 13.3 Å². The van der Waals surface area contributed by atoms with E-state index in [1.54, 1.807) is 6.20 Å². The standard InChI is InChI=1S/C12H21N3O2/c1-3-5-16-12-10(13)6-11(12)17-9-7-14-15(4-2)8-9/h7-8,10-12H,3-6,13H2,1-2H3. The summed E-state index contributed by atoms with van der Waals surface area (Å²) in [6.07, 6.45) is 5.60. The smallest absolute Gasteiger partial charge is 0.157 e. The molecule has 1 heterocycles. The number of rotatable bonds is 6. The van der Waals surface area contributed by atoms with Crippen LogP contribution in [-0.4, -0.2) is 34.6 Å². The minimum absolute atomic E-state index is 0.0277. The lowest BCUT2D eigenvalue weighted by atomic mass is 9.86. The van der Waals surface area contributed by atoms with Gasteiger partial charge < -0.3 is 15.2 Å². The number of nitrogens with two attached hydrogens (primary N) is 1.